The molecular formula is C12H13. The van der Waals surface area contributed by atoms with E-state index in [2.05, 4.69) is 24.8 Å². The first-order chi connectivity index (χ1) is 5.88. The Morgan fingerprint density at radius 2 is 2.42 bits per heavy atom. The predicted octanol–water partition coefficient (Wildman–Crippen LogP) is 3.25. The van der Waals surface area contributed by atoms with Crippen LogP contribution in [0.2, 0.25) is 0 Å². The highest BCUT2D eigenvalue weighted by molar-refractivity contribution is 5.53. The van der Waals surface area contributed by atoms with Gasteiger partial charge in [-0.3, -0.25) is 0 Å². The molecule has 0 aliphatic rings. The molecule has 0 aromatic heterocycles. The van der Waals surface area contributed by atoms with Crippen molar-refractivity contribution in [2.45, 2.75) is 13.3 Å². The Bertz CT molecular complexity index is 282. The highest BCUT2D eigenvalue weighted by Crippen LogP contribution is 2.10. The quantitative estimate of drug-likeness (QED) is 0.591. The number of rotatable bonds is 3. The van der Waals surface area contributed by atoms with E-state index < -0.39 is 0 Å². The van der Waals surface area contributed by atoms with Gasteiger partial charge in [-0.15, -0.1) is 6.58 Å². The van der Waals surface area contributed by atoms with Crippen molar-refractivity contribution in [3.63, 3.8) is 0 Å². The third-order valence-corrected chi connectivity index (χ3v) is 1.67. The molecule has 0 amide bonds. The zero-order chi connectivity index (χ0) is 8.81. The Balaban J connectivity index is 2.99. The lowest BCUT2D eigenvalue weighted by atomic mass is 10.0. The van der Waals surface area contributed by atoms with E-state index in [1.807, 2.05) is 31.2 Å². The molecule has 0 saturated carbocycles. The van der Waals surface area contributed by atoms with E-state index in [9.17, 15) is 0 Å². The van der Waals surface area contributed by atoms with Gasteiger partial charge in [0.2, 0.25) is 0 Å². The Kier molecular flexibility index (Phi) is 3.34. The molecule has 61 valence electrons. The normalized spacial score (nSPS) is 10.4. The van der Waals surface area contributed by atoms with E-state index >= 15 is 0 Å². The third kappa shape index (κ3) is 2.09. The Morgan fingerprint density at radius 3 is 3.08 bits per heavy atom. The number of allylic oxidation sites excluding steroid dienone is 2. The van der Waals surface area contributed by atoms with Crippen LogP contribution in [0.5, 0.6) is 0 Å². The van der Waals surface area contributed by atoms with Crippen molar-refractivity contribution in [1.82, 2.24) is 0 Å². The van der Waals surface area contributed by atoms with Gasteiger partial charge >= 0.3 is 0 Å². The summed E-state index contributed by atoms with van der Waals surface area (Å²) in [6, 6.07) is 9.23. The first kappa shape index (κ1) is 8.79. The molecule has 0 bridgehead atoms. The van der Waals surface area contributed by atoms with Crippen LogP contribution in [0.25, 0.3) is 6.08 Å². The molecule has 0 heteroatoms. The van der Waals surface area contributed by atoms with Crippen molar-refractivity contribution in [1.29, 1.82) is 0 Å². The highest BCUT2D eigenvalue weighted by Gasteiger charge is 1.94. The van der Waals surface area contributed by atoms with Crippen LogP contribution in [0.4, 0.5) is 0 Å². The van der Waals surface area contributed by atoms with E-state index in [0.717, 1.165) is 6.42 Å². The second-order valence-corrected chi connectivity index (χ2v) is 2.60. The summed E-state index contributed by atoms with van der Waals surface area (Å²) in [4.78, 5) is 0. The molecule has 0 nitrogen and oxygen atoms in total. The average Bonchev–Trinajstić information content (AvgIpc) is 2.09. The van der Waals surface area contributed by atoms with Crippen molar-refractivity contribution in [2.75, 3.05) is 0 Å². The van der Waals surface area contributed by atoms with Crippen LogP contribution in [0.1, 0.15) is 18.1 Å². The summed E-state index contributed by atoms with van der Waals surface area (Å²) in [7, 11) is 0. The zero-order valence-corrected chi connectivity index (χ0v) is 7.38. The molecule has 0 unspecified atom stereocenters. The molecule has 1 aromatic carbocycles. The van der Waals surface area contributed by atoms with Gasteiger partial charge in [0.25, 0.3) is 0 Å². The summed E-state index contributed by atoms with van der Waals surface area (Å²) in [5, 5.41) is 0. The minimum atomic E-state index is 0.889. The molecule has 0 fully saturated rings. The Labute approximate surface area is 74.2 Å². The second kappa shape index (κ2) is 4.55. The van der Waals surface area contributed by atoms with Gasteiger partial charge in [-0.1, -0.05) is 36.4 Å². The van der Waals surface area contributed by atoms with Crippen LogP contribution in [-0.2, 0) is 6.42 Å². The van der Waals surface area contributed by atoms with Gasteiger partial charge in [0.05, 0.1) is 0 Å². The molecule has 0 saturated heterocycles. The molecular weight excluding hydrogens is 144 g/mol. The summed E-state index contributed by atoms with van der Waals surface area (Å²) in [6.07, 6.45) is 6.92. The van der Waals surface area contributed by atoms with Gasteiger partial charge in [-0.2, -0.15) is 0 Å². The van der Waals surface area contributed by atoms with Crippen LogP contribution >= 0.6 is 0 Å². The van der Waals surface area contributed by atoms with E-state index in [1.165, 1.54) is 11.1 Å². The van der Waals surface area contributed by atoms with E-state index in [4.69, 9.17) is 0 Å². The maximum absolute atomic E-state index is 3.71. The fraction of sp³-hybridized carbons (Fsp3) is 0.167. The standard InChI is InChI=1S/C12H13/c1-3-7-11-9-5-6-10-12(11)8-4-2/h3-6,8,10H,1,7H2,2H3. The zero-order valence-electron chi connectivity index (χ0n) is 7.38. The third-order valence-electron chi connectivity index (χ3n) is 1.67. The lowest BCUT2D eigenvalue weighted by Gasteiger charge is -2.00. The van der Waals surface area contributed by atoms with Crippen LogP contribution in [-0.4, -0.2) is 0 Å². The highest BCUT2D eigenvalue weighted by atomic mass is 14.0. The number of benzene rings is 1. The van der Waals surface area contributed by atoms with Gasteiger partial charge in [-0.25, -0.2) is 0 Å². The van der Waals surface area contributed by atoms with Crippen molar-refractivity contribution in [3.05, 3.63) is 54.1 Å². The summed E-state index contributed by atoms with van der Waals surface area (Å²) >= 11 is 0. The first-order valence-electron chi connectivity index (χ1n) is 4.11. The second-order valence-electron chi connectivity index (χ2n) is 2.60. The SMILES string of the molecule is C=CCc1[c]cccc1C=CC. The van der Waals surface area contributed by atoms with Crippen LogP contribution < -0.4 is 0 Å². The van der Waals surface area contributed by atoms with Gasteiger partial charge in [0.1, 0.15) is 0 Å². The van der Waals surface area contributed by atoms with Gasteiger partial charge in [-0.05, 0) is 30.5 Å². The molecule has 1 aromatic rings. The van der Waals surface area contributed by atoms with Crippen LogP contribution in [0.3, 0.4) is 0 Å². The fourth-order valence-electron chi connectivity index (χ4n) is 1.14. The smallest absolute Gasteiger partial charge is 0.00880 e. The molecule has 1 rings (SSSR count). The van der Waals surface area contributed by atoms with E-state index in [-0.39, 0.29) is 0 Å². The first-order valence-corrected chi connectivity index (χ1v) is 4.11. The summed E-state index contributed by atoms with van der Waals surface area (Å²) < 4.78 is 0. The lowest BCUT2D eigenvalue weighted by molar-refractivity contribution is 1.26. The largest absolute Gasteiger partial charge is 0.103 e. The van der Waals surface area contributed by atoms with Gasteiger partial charge in [0.15, 0.2) is 0 Å². The monoisotopic (exact) mass is 157 g/mol. The minimum absolute atomic E-state index is 0.889. The van der Waals surface area contributed by atoms with Gasteiger partial charge < -0.3 is 0 Å². The fourth-order valence-corrected chi connectivity index (χ4v) is 1.14. The maximum Gasteiger partial charge on any atom is -0.00880 e. The average molecular weight is 157 g/mol. The van der Waals surface area contributed by atoms with E-state index in [0.29, 0.717) is 0 Å². The predicted molar refractivity (Wildman–Crippen MR) is 53.9 cm³/mol. The van der Waals surface area contributed by atoms with Crippen molar-refractivity contribution < 1.29 is 0 Å². The Hall–Kier alpha value is -1.30. The lowest BCUT2D eigenvalue weighted by Crippen LogP contribution is -1.85. The maximum atomic E-state index is 3.71. The summed E-state index contributed by atoms with van der Waals surface area (Å²) in [6.45, 7) is 5.73. The van der Waals surface area contributed by atoms with Gasteiger partial charge in [0, 0.05) is 0 Å². The summed E-state index contributed by atoms with van der Waals surface area (Å²) in [5.41, 5.74) is 2.45. The van der Waals surface area contributed by atoms with E-state index in [1.54, 1.807) is 0 Å². The molecule has 0 atom stereocenters. The van der Waals surface area contributed by atoms with Crippen molar-refractivity contribution in [3.8, 4) is 0 Å². The molecule has 1 radical (unpaired) electrons. The topological polar surface area (TPSA) is 0 Å². The molecule has 0 aliphatic carbocycles. The van der Waals surface area contributed by atoms with Crippen molar-refractivity contribution >= 4 is 6.08 Å². The molecule has 12 heavy (non-hydrogen) atoms. The van der Waals surface area contributed by atoms with Crippen LogP contribution in [0.15, 0.2) is 36.9 Å². The number of hydrogen-bond donors (Lipinski definition) is 0. The minimum Gasteiger partial charge on any atom is -0.103 e. The Morgan fingerprint density at radius 1 is 1.58 bits per heavy atom. The van der Waals surface area contributed by atoms with Crippen molar-refractivity contribution in [2.24, 2.45) is 0 Å². The number of hydrogen-bond acceptors (Lipinski definition) is 0. The summed E-state index contributed by atoms with van der Waals surface area (Å²) in [5.74, 6) is 0. The molecule has 0 heterocycles. The molecule has 0 spiro atoms. The molecule has 0 N–H and O–H groups in total. The van der Waals surface area contributed by atoms with Crippen LogP contribution in [0, 0.1) is 6.07 Å². The molecule has 0 aliphatic heterocycles.